The van der Waals surface area contributed by atoms with Gasteiger partial charge in [-0.3, -0.25) is 4.79 Å². The normalized spacial score (nSPS) is 11.8. The Balaban J connectivity index is 1.82. The van der Waals surface area contributed by atoms with Gasteiger partial charge in [-0.15, -0.1) is 0 Å². The number of ether oxygens (including phenoxy) is 2. The molecule has 7 nitrogen and oxygen atoms in total. The minimum absolute atomic E-state index is 0.433. The van der Waals surface area contributed by atoms with Crippen LogP contribution in [0.1, 0.15) is 29.7 Å². The van der Waals surface area contributed by atoms with Crippen LogP contribution in [0.2, 0.25) is 0 Å². The summed E-state index contributed by atoms with van der Waals surface area (Å²) in [5, 5.41) is 17.5. The molecule has 2 aromatic carbocycles. The third-order valence-electron chi connectivity index (χ3n) is 4.82. The van der Waals surface area contributed by atoms with Gasteiger partial charge >= 0.3 is 0 Å². The second-order valence-electron chi connectivity index (χ2n) is 6.60. The van der Waals surface area contributed by atoms with E-state index >= 15 is 0 Å². The molecular weight excluding hydrogens is 370 g/mol. The van der Waals surface area contributed by atoms with Gasteiger partial charge in [0.25, 0.3) is 5.91 Å². The number of rotatable bonds is 7. The van der Waals surface area contributed by atoms with Crippen molar-refractivity contribution in [2.45, 2.75) is 26.4 Å². The lowest BCUT2D eigenvalue weighted by Gasteiger charge is -2.15. The lowest BCUT2D eigenvalue weighted by atomic mass is 10.00. The average molecular weight is 395 g/mol. The van der Waals surface area contributed by atoms with E-state index in [0.29, 0.717) is 28.6 Å². The predicted molar refractivity (Wildman–Crippen MR) is 111 cm³/mol. The van der Waals surface area contributed by atoms with Crippen molar-refractivity contribution in [2.24, 2.45) is 0 Å². The first-order chi connectivity index (χ1) is 14.0. The summed E-state index contributed by atoms with van der Waals surface area (Å²) in [4.78, 5) is 12.6. The standard InChI is InChI=1S/C22H25N3O4/c1-5-15-6-7-16(12-14(15)2)21(26)22(27)24-20-10-11-23-25(20)17-8-9-18(28-3)19(13-17)29-4/h6-13,21,26H,5H2,1-4H3,(H,24,27). The zero-order valence-corrected chi connectivity index (χ0v) is 17.0. The molecule has 3 rings (SSSR count). The molecular formula is C22H25N3O4. The van der Waals surface area contributed by atoms with Crippen molar-refractivity contribution in [1.29, 1.82) is 0 Å². The monoisotopic (exact) mass is 395 g/mol. The third kappa shape index (κ3) is 4.25. The molecule has 3 aromatic rings. The first-order valence-electron chi connectivity index (χ1n) is 9.33. The Morgan fingerprint density at radius 3 is 2.55 bits per heavy atom. The van der Waals surface area contributed by atoms with Crippen LogP contribution in [0.4, 0.5) is 5.82 Å². The number of amides is 1. The zero-order chi connectivity index (χ0) is 21.0. The Hall–Kier alpha value is -3.32. The van der Waals surface area contributed by atoms with E-state index < -0.39 is 12.0 Å². The Labute approximate surface area is 169 Å². The van der Waals surface area contributed by atoms with Gasteiger partial charge in [-0.05, 0) is 42.2 Å². The first-order valence-corrected chi connectivity index (χ1v) is 9.33. The molecule has 29 heavy (non-hydrogen) atoms. The van der Waals surface area contributed by atoms with Crippen molar-refractivity contribution in [3.05, 3.63) is 65.4 Å². The number of aryl methyl sites for hydroxylation is 2. The van der Waals surface area contributed by atoms with E-state index in [4.69, 9.17) is 9.47 Å². The molecule has 0 bridgehead atoms. The average Bonchev–Trinajstić information content (AvgIpc) is 3.20. The summed E-state index contributed by atoms with van der Waals surface area (Å²) in [6, 6.07) is 12.5. The van der Waals surface area contributed by atoms with Crippen LogP contribution in [0.3, 0.4) is 0 Å². The molecule has 2 N–H and O–H groups in total. The van der Waals surface area contributed by atoms with Crippen molar-refractivity contribution in [2.75, 3.05) is 19.5 Å². The van der Waals surface area contributed by atoms with Crippen LogP contribution in [0, 0.1) is 6.92 Å². The number of anilines is 1. The summed E-state index contributed by atoms with van der Waals surface area (Å²) in [5.41, 5.74) is 3.47. The lowest BCUT2D eigenvalue weighted by molar-refractivity contribution is -0.124. The van der Waals surface area contributed by atoms with E-state index in [2.05, 4.69) is 17.3 Å². The second kappa shape index (κ2) is 8.79. The van der Waals surface area contributed by atoms with E-state index in [0.717, 1.165) is 12.0 Å². The number of nitrogens with one attached hydrogen (secondary N) is 1. The van der Waals surface area contributed by atoms with Gasteiger partial charge in [-0.25, -0.2) is 4.68 Å². The van der Waals surface area contributed by atoms with Gasteiger partial charge in [0, 0.05) is 12.1 Å². The number of methoxy groups -OCH3 is 2. The lowest BCUT2D eigenvalue weighted by Crippen LogP contribution is -2.22. The number of carbonyl (C=O) groups is 1. The summed E-state index contributed by atoms with van der Waals surface area (Å²) in [6.07, 6.45) is 1.19. The van der Waals surface area contributed by atoms with Crippen LogP contribution in [-0.2, 0) is 11.2 Å². The second-order valence-corrected chi connectivity index (χ2v) is 6.60. The van der Waals surface area contributed by atoms with Crippen molar-refractivity contribution in [3.8, 4) is 17.2 Å². The zero-order valence-electron chi connectivity index (χ0n) is 17.0. The smallest absolute Gasteiger partial charge is 0.258 e. The molecule has 0 saturated carbocycles. The Morgan fingerprint density at radius 1 is 1.14 bits per heavy atom. The summed E-state index contributed by atoms with van der Waals surface area (Å²) >= 11 is 0. The minimum Gasteiger partial charge on any atom is -0.493 e. The fourth-order valence-corrected chi connectivity index (χ4v) is 3.19. The van der Waals surface area contributed by atoms with Gasteiger partial charge in [-0.2, -0.15) is 5.10 Å². The molecule has 0 aliphatic carbocycles. The molecule has 1 unspecified atom stereocenters. The van der Waals surface area contributed by atoms with Gasteiger partial charge in [0.2, 0.25) is 0 Å². The fraction of sp³-hybridized carbons (Fsp3) is 0.273. The van der Waals surface area contributed by atoms with E-state index in [1.165, 1.54) is 5.56 Å². The SMILES string of the molecule is CCc1ccc(C(O)C(=O)Nc2ccnn2-c2ccc(OC)c(OC)c2)cc1C. The molecule has 0 fully saturated rings. The van der Waals surface area contributed by atoms with Crippen LogP contribution in [-0.4, -0.2) is 35.0 Å². The van der Waals surface area contributed by atoms with Crippen LogP contribution in [0.5, 0.6) is 11.5 Å². The molecule has 0 aliphatic heterocycles. The molecule has 1 heterocycles. The van der Waals surface area contributed by atoms with E-state index in [-0.39, 0.29) is 0 Å². The molecule has 0 spiro atoms. The van der Waals surface area contributed by atoms with Gasteiger partial charge < -0.3 is 19.9 Å². The Kier molecular flexibility index (Phi) is 6.19. The van der Waals surface area contributed by atoms with E-state index in [1.54, 1.807) is 55.4 Å². The molecule has 0 aliphatic rings. The number of hydrogen-bond donors (Lipinski definition) is 2. The quantitative estimate of drug-likeness (QED) is 0.640. The minimum atomic E-state index is -1.28. The number of aliphatic hydroxyl groups is 1. The summed E-state index contributed by atoms with van der Waals surface area (Å²) < 4.78 is 12.1. The molecule has 7 heteroatoms. The topological polar surface area (TPSA) is 85.6 Å². The number of hydrogen-bond acceptors (Lipinski definition) is 5. The first kappa shape index (κ1) is 20.4. The van der Waals surface area contributed by atoms with Crippen molar-refractivity contribution in [1.82, 2.24) is 9.78 Å². The molecule has 1 amide bonds. The van der Waals surface area contributed by atoms with Gasteiger partial charge in [-0.1, -0.05) is 25.1 Å². The molecule has 0 saturated heterocycles. The summed E-state index contributed by atoms with van der Waals surface area (Å²) in [5.74, 6) is 1.04. The maximum absolute atomic E-state index is 12.6. The highest BCUT2D eigenvalue weighted by Crippen LogP contribution is 2.30. The van der Waals surface area contributed by atoms with Gasteiger partial charge in [0.1, 0.15) is 5.82 Å². The molecule has 0 radical (unpaired) electrons. The maximum atomic E-state index is 12.6. The van der Waals surface area contributed by atoms with Gasteiger partial charge in [0.05, 0.1) is 26.1 Å². The molecule has 1 aromatic heterocycles. The number of aromatic nitrogens is 2. The highest BCUT2D eigenvalue weighted by molar-refractivity contribution is 5.94. The number of aliphatic hydroxyl groups excluding tert-OH is 1. The van der Waals surface area contributed by atoms with Crippen LogP contribution < -0.4 is 14.8 Å². The van der Waals surface area contributed by atoms with Crippen molar-refractivity contribution < 1.29 is 19.4 Å². The van der Waals surface area contributed by atoms with Crippen LogP contribution in [0.25, 0.3) is 5.69 Å². The van der Waals surface area contributed by atoms with E-state index in [1.807, 2.05) is 19.1 Å². The predicted octanol–water partition coefficient (Wildman–Crippen LogP) is 3.43. The van der Waals surface area contributed by atoms with Crippen molar-refractivity contribution >= 4 is 11.7 Å². The largest absolute Gasteiger partial charge is 0.493 e. The van der Waals surface area contributed by atoms with Crippen LogP contribution >= 0.6 is 0 Å². The summed E-state index contributed by atoms with van der Waals surface area (Å²) in [6.45, 7) is 4.04. The van der Waals surface area contributed by atoms with Gasteiger partial charge in [0.15, 0.2) is 17.6 Å². The van der Waals surface area contributed by atoms with Crippen molar-refractivity contribution in [3.63, 3.8) is 0 Å². The molecule has 1 atom stereocenters. The van der Waals surface area contributed by atoms with Crippen LogP contribution in [0.15, 0.2) is 48.7 Å². The number of carbonyl (C=O) groups excluding carboxylic acids is 1. The number of benzene rings is 2. The Bertz CT molecular complexity index is 1010. The molecule has 152 valence electrons. The fourth-order valence-electron chi connectivity index (χ4n) is 3.19. The highest BCUT2D eigenvalue weighted by atomic mass is 16.5. The third-order valence-corrected chi connectivity index (χ3v) is 4.82. The number of nitrogens with zero attached hydrogens (tertiary/aromatic N) is 2. The maximum Gasteiger partial charge on any atom is 0.258 e. The Morgan fingerprint density at radius 2 is 1.90 bits per heavy atom. The van der Waals surface area contributed by atoms with E-state index in [9.17, 15) is 9.90 Å². The summed E-state index contributed by atoms with van der Waals surface area (Å²) in [7, 11) is 3.11. The highest BCUT2D eigenvalue weighted by Gasteiger charge is 2.20.